The highest BCUT2D eigenvalue weighted by atomic mass is 19.3. The Morgan fingerprint density at radius 3 is 2.92 bits per heavy atom. The first-order valence-corrected chi connectivity index (χ1v) is 3.58. The number of alkyl carbamates (subject to hydrolysis) is 1. The fraction of sp³-hybridized carbons (Fsp3) is 0.667. The molecule has 5 nitrogen and oxygen atoms in total. The molecular weight excluding hydrogens is 186 g/mol. The fourth-order valence-electron chi connectivity index (χ4n) is 0.837. The molecule has 0 aromatic carbocycles. The Morgan fingerprint density at radius 1 is 1.77 bits per heavy atom. The van der Waals surface area contributed by atoms with Gasteiger partial charge < -0.3 is 15.4 Å². The highest BCUT2D eigenvalue weighted by Crippen LogP contribution is 1.97. The van der Waals surface area contributed by atoms with Crippen molar-refractivity contribution in [3.63, 3.8) is 0 Å². The Balaban J connectivity index is 2.19. The smallest absolute Gasteiger partial charge is 0.407 e. The molecule has 2 amide bonds. The van der Waals surface area contributed by atoms with E-state index in [-0.39, 0.29) is 13.2 Å². The summed E-state index contributed by atoms with van der Waals surface area (Å²) in [4.78, 5) is 20.8. The number of alkyl halides is 2. The lowest BCUT2D eigenvalue weighted by atomic mass is 10.3. The van der Waals surface area contributed by atoms with E-state index in [9.17, 15) is 18.4 Å². The lowest BCUT2D eigenvalue weighted by molar-refractivity contribution is -0.131. The summed E-state index contributed by atoms with van der Waals surface area (Å²) in [7, 11) is 0. The van der Waals surface area contributed by atoms with Crippen molar-refractivity contribution >= 4 is 12.0 Å². The summed E-state index contributed by atoms with van der Waals surface area (Å²) in [5.74, 6) is -1.35. The van der Waals surface area contributed by atoms with Gasteiger partial charge in [-0.1, -0.05) is 0 Å². The summed E-state index contributed by atoms with van der Waals surface area (Å²) in [5.41, 5.74) is 0. The minimum Gasteiger partial charge on any atom is -0.447 e. The van der Waals surface area contributed by atoms with Gasteiger partial charge in [-0.25, -0.2) is 4.79 Å². The molecule has 1 saturated heterocycles. The monoisotopic (exact) mass is 194 g/mol. The van der Waals surface area contributed by atoms with Crippen molar-refractivity contribution in [2.24, 2.45) is 0 Å². The molecule has 0 aliphatic carbocycles. The summed E-state index contributed by atoms with van der Waals surface area (Å²) < 4.78 is 27.8. The second-order valence-corrected chi connectivity index (χ2v) is 2.49. The molecule has 1 fully saturated rings. The van der Waals surface area contributed by atoms with E-state index >= 15 is 0 Å². The average Bonchev–Trinajstić information content (AvgIpc) is 2.47. The molecule has 1 rings (SSSR count). The summed E-state index contributed by atoms with van der Waals surface area (Å²) >= 11 is 0. The van der Waals surface area contributed by atoms with Crippen LogP contribution in [0.4, 0.5) is 13.6 Å². The predicted octanol–water partition coefficient (Wildman–Crippen LogP) is -0.524. The van der Waals surface area contributed by atoms with Crippen LogP contribution < -0.4 is 10.6 Å². The standard InChI is InChI=1S/C6H8F2N2O3/c7-4(8)5(11)9-1-3-2-13-6(12)10-3/h3-4H,1-2H2,(H,9,11)(H,10,12). The molecule has 1 unspecified atom stereocenters. The topological polar surface area (TPSA) is 67.4 Å². The molecule has 1 aliphatic rings. The van der Waals surface area contributed by atoms with Gasteiger partial charge in [0.1, 0.15) is 6.61 Å². The molecule has 0 aromatic rings. The van der Waals surface area contributed by atoms with Crippen LogP contribution in [-0.4, -0.2) is 37.6 Å². The number of halogens is 2. The molecule has 2 N–H and O–H groups in total. The van der Waals surface area contributed by atoms with E-state index in [0.717, 1.165) is 0 Å². The molecule has 1 heterocycles. The lowest BCUT2D eigenvalue weighted by Crippen LogP contribution is -2.41. The van der Waals surface area contributed by atoms with E-state index in [2.05, 4.69) is 10.1 Å². The third kappa shape index (κ3) is 2.85. The maximum absolute atomic E-state index is 11.6. The summed E-state index contributed by atoms with van der Waals surface area (Å²) in [6.07, 6.45) is -3.63. The van der Waals surface area contributed by atoms with E-state index < -0.39 is 24.5 Å². The molecule has 1 aliphatic heterocycles. The zero-order valence-electron chi connectivity index (χ0n) is 6.55. The molecule has 7 heteroatoms. The first-order valence-electron chi connectivity index (χ1n) is 3.58. The second kappa shape index (κ2) is 4.01. The quantitative estimate of drug-likeness (QED) is 0.635. The van der Waals surface area contributed by atoms with Gasteiger partial charge in [-0.2, -0.15) is 8.78 Å². The van der Waals surface area contributed by atoms with Crippen molar-refractivity contribution in [1.29, 1.82) is 0 Å². The number of hydrogen-bond donors (Lipinski definition) is 2. The zero-order valence-corrected chi connectivity index (χ0v) is 6.55. The van der Waals surface area contributed by atoms with Crippen LogP contribution in [0.2, 0.25) is 0 Å². The van der Waals surface area contributed by atoms with Crippen LogP contribution in [0.3, 0.4) is 0 Å². The number of carbonyl (C=O) groups is 2. The molecule has 0 radical (unpaired) electrons. The van der Waals surface area contributed by atoms with Crippen LogP contribution in [0.15, 0.2) is 0 Å². The van der Waals surface area contributed by atoms with E-state index in [1.165, 1.54) is 0 Å². The van der Waals surface area contributed by atoms with Crippen LogP contribution in [0, 0.1) is 0 Å². The van der Waals surface area contributed by atoms with Crippen LogP contribution in [0.5, 0.6) is 0 Å². The molecular formula is C6H8F2N2O3. The number of nitrogens with one attached hydrogen (secondary N) is 2. The van der Waals surface area contributed by atoms with E-state index in [1.54, 1.807) is 0 Å². The van der Waals surface area contributed by atoms with E-state index in [4.69, 9.17) is 0 Å². The number of ether oxygens (including phenoxy) is 1. The van der Waals surface area contributed by atoms with Gasteiger partial charge in [-0.15, -0.1) is 0 Å². The van der Waals surface area contributed by atoms with Gasteiger partial charge >= 0.3 is 12.5 Å². The largest absolute Gasteiger partial charge is 0.447 e. The highest BCUT2D eigenvalue weighted by Gasteiger charge is 2.23. The van der Waals surface area contributed by atoms with Crippen molar-refractivity contribution in [3.8, 4) is 0 Å². The average molecular weight is 194 g/mol. The molecule has 0 saturated carbocycles. The van der Waals surface area contributed by atoms with Gasteiger partial charge in [0.05, 0.1) is 6.04 Å². The predicted molar refractivity (Wildman–Crippen MR) is 37.3 cm³/mol. The number of rotatable bonds is 3. The van der Waals surface area contributed by atoms with Crippen molar-refractivity contribution in [2.45, 2.75) is 12.5 Å². The SMILES string of the molecule is O=C1NC(CNC(=O)C(F)F)CO1. The van der Waals surface area contributed by atoms with Gasteiger partial charge in [0, 0.05) is 6.54 Å². The van der Waals surface area contributed by atoms with Crippen LogP contribution in [0.25, 0.3) is 0 Å². The molecule has 0 spiro atoms. The van der Waals surface area contributed by atoms with Gasteiger partial charge in [0.15, 0.2) is 0 Å². The number of hydrogen-bond acceptors (Lipinski definition) is 3. The fourth-order valence-corrected chi connectivity index (χ4v) is 0.837. The summed E-state index contributed by atoms with van der Waals surface area (Å²) in [5, 5.41) is 4.29. The first-order chi connectivity index (χ1) is 6.09. The zero-order chi connectivity index (χ0) is 9.84. The maximum Gasteiger partial charge on any atom is 0.407 e. The molecule has 74 valence electrons. The third-order valence-electron chi connectivity index (χ3n) is 1.46. The number of cyclic esters (lactones) is 1. The van der Waals surface area contributed by atoms with Crippen molar-refractivity contribution < 1.29 is 23.1 Å². The van der Waals surface area contributed by atoms with Crippen molar-refractivity contribution in [2.75, 3.05) is 13.2 Å². The van der Waals surface area contributed by atoms with Crippen LogP contribution in [-0.2, 0) is 9.53 Å². The van der Waals surface area contributed by atoms with E-state index in [0.29, 0.717) is 0 Å². The summed E-state index contributed by atoms with van der Waals surface area (Å²) in [6, 6.07) is -0.421. The van der Waals surface area contributed by atoms with Gasteiger partial charge in [0.2, 0.25) is 0 Å². The summed E-state index contributed by atoms with van der Waals surface area (Å²) in [6.45, 7) is 0.0390. The molecule has 0 bridgehead atoms. The first kappa shape index (κ1) is 9.69. The molecule has 1 atom stereocenters. The maximum atomic E-state index is 11.6. The third-order valence-corrected chi connectivity index (χ3v) is 1.46. The van der Waals surface area contributed by atoms with E-state index in [1.807, 2.05) is 5.32 Å². The highest BCUT2D eigenvalue weighted by molar-refractivity contribution is 5.79. The lowest BCUT2D eigenvalue weighted by Gasteiger charge is -2.07. The van der Waals surface area contributed by atoms with Crippen molar-refractivity contribution in [1.82, 2.24) is 10.6 Å². The Hall–Kier alpha value is -1.40. The Labute approximate surface area is 72.4 Å². The Bertz CT molecular complexity index is 222. The Kier molecular flexibility index (Phi) is 2.99. The number of amides is 2. The number of carbonyl (C=O) groups excluding carboxylic acids is 2. The minimum absolute atomic E-state index is 0.0467. The van der Waals surface area contributed by atoms with Crippen molar-refractivity contribution in [3.05, 3.63) is 0 Å². The molecule has 0 aromatic heterocycles. The normalized spacial score (nSPS) is 21.2. The van der Waals surface area contributed by atoms with Crippen LogP contribution in [0.1, 0.15) is 0 Å². The second-order valence-electron chi connectivity index (χ2n) is 2.49. The van der Waals surface area contributed by atoms with Crippen LogP contribution >= 0.6 is 0 Å². The minimum atomic E-state index is -3.03. The van der Waals surface area contributed by atoms with Gasteiger partial charge in [0.25, 0.3) is 5.91 Å². The van der Waals surface area contributed by atoms with Gasteiger partial charge in [-0.3, -0.25) is 4.79 Å². The molecule has 13 heavy (non-hydrogen) atoms. The van der Waals surface area contributed by atoms with Gasteiger partial charge in [-0.05, 0) is 0 Å². The Morgan fingerprint density at radius 2 is 2.46 bits per heavy atom.